The van der Waals surface area contributed by atoms with Gasteiger partial charge in [0, 0.05) is 42.5 Å². The summed E-state index contributed by atoms with van der Waals surface area (Å²) in [6.45, 7) is 0. The van der Waals surface area contributed by atoms with Gasteiger partial charge in [-0.05, 0) is 92.3 Å². The third-order valence-corrected chi connectivity index (χ3v) is 18.0. The first-order valence-corrected chi connectivity index (χ1v) is 24.2. The second kappa shape index (κ2) is 15.1. The van der Waals surface area contributed by atoms with Crippen LogP contribution in [0.4, 0.5) is 0 Å². The predicted octanol–water partition coefficient (Wildman–Crippen LogP) is 11.5. The van der Waals surface area contributed by atoms with E-state index in [0.717, 1.165) is 74.0 Å². The van der Waals surface area contributed by atoms with E-state index in [-0.39, 0.29) is 12.3 Å². The molecule has 0 saturated heterocycles. The monoisotopic (exact) mass is 895 g/mol. The molecule has 0 N–H and O–H groups in total. The zero-order valence-corrected chi connectivity index (χ0v) is 35.6. The fraction of sp³-hybridized carbons (Fsp3) is 0.0435. The van der Waals surface area contributed by atoms with Crippen molar-refractivity contribution in [3.05, 3.63) is 190 Å². The van der Waals surface area contributed by atoms with Crippen molar-refractivity contribution >= 4 is 105 Å². The van der Waals surface area contributed by atoms with Gasteiger partial charge in [0.25, 0.3) is 0 Å². The molecule has 1 aliphatic heterocycles. The summed E-state index contributed by atoms with van der Waals surface area (Å²) in [5, 5.41) is 7.21. The highest BCUT2D eigenvalue weighted by atomic mass is 79.9. The maximum atomic E-state index is 15.4. The van der Waals surface area contributed by atoms with Crippen LogP contribution in [0.2, 0.25) is 0 Å². The molecule has 55 heavy (non-hydrogen) atoms. The maximum absolute atomic E-state index is 15.4. The lowest BCUT2D eigenvalue weighted by Gasteiger charge is -2.23. The van der Waals surface area contributed by atoms with Crippen LogP contribution in [0, 0.1) is 0 Å². The summed E-state index contributed by atoms with van der Waals surface area (Å²) in [7, 11) is -6.30. The lowest BCUT2D eigenvalue weighted by Crippen LogP contribution is -2.19. The molecular formula is C46H32AlBr2O4P2. The van der Waals surface area contributed by atoms with Crippen LogP contribution in [-0.4, -0.2) is 15.9 Å². The quantitative estimate of drug-likeness (QED) is 0.113. The van der Waals surface area contributed by atoms with Crippen molar-refractivity contribution in [2.75, 3.05) is 0 Å². The van der Waals surface area contributed by atoms with E-state index in [0.29, 0.717) is 11.5 Å². The molecule has 0 aromatic heterocycles. The van der Waals surface area contributed by atoms with Gasteiger partial charge in [0.05, 0.1) is 11.5 Å². The number of fused-ring (bicyclic) bond motifs is 3. The van der Waals surface area contributed by atoms with Crippen LogP contribution in [0.15, 0.2) is 179 Å². The van der Waals surface area contributed by atoms with E-state index in [1.165, 1.54) is 0 Å². The SMILES string of the molecule is O=P(Cc1cc2cc(Br)cc3c2cc1[O][Al][O]c1cc2c-3cc(Br)cc2cc1CP(=O)(c1ccccc1)c1ccccc1)(c1ccccc1)c1ccccc1. The minimum Gasteiger partial charge on any atom is -0.616 e. The number of rotatable bonds is 8. The minimum atomic E-state index is -3.15. The summed E-state index contributed by atoms with van der Waals surface area (Å²) in [5.41, 5.74) is 3.73. The predicted molar refractivity (Wildman–Crippen MR) is 236 cm³/mol. The van der Waals surface area contributed by atoms with E-state index in [1.54, 1.807) is 0 Å². The first-order valence-electron chi connectivity index (χ1n) is 17.9. The van der Waals surface area contributed by atoms with Crippen LogP contribution in [0.5, 0.6) is 11.5 Å². The van der Waals surface area contributed by atoms with Gasteiger partial charge in [0.2, 0.25) is 0 Å². The zero-order chi connectivity index (χ0) is 37.6. The number of halogens is 2. The third-order valence-electron chi connectivity index (χ3n) is 10.3. The van der Waals surface area contributed by atoms with Gasteiger partial charge in [-0.3, -0.25) is 0 Å². The van der Waals surface area contributed by atoms with Gasteiger partial charge < -0.3 is 16.7 Å². The fourth-order valence-electron chi connectivity index (χ4n) is 7.66. The lowest BCUT2D eigenvalue weighted by molar-refractivity contribution is 0.455. The van der Waals surface area contributed by atoms with E-state index >= 15 is 9.13 Å². The molecular weight excluding hydrogens is 865 g/mol. The molecule has 0 aliphatic carbocycles. The molecule has 1 aliphatic rings. The van der Waals surface area contributed by atoms with E-state index in [2.05, 4.69) is 80.4 Å². The minimum absolute atomic E-state index is 0.269. The molecule has 8 aromatic carbocycles. The maximum Gasteiger partial charge on any atom is 0.881 e. The van der Waals surface area contributed by atoms with Crippen LogP contribution in [-0.2, 0) is 21.5 Å². The van der Waals surface area contributed by atoms with Gasteiger partial charge in [-0.25, -0.2) is 0 Å². The third kappa shape index (κ3) is 6.98. The van der Waals surface area contributed by atoms with Gasteiger partial charge in [-0.15, -0.1) is 0 Å². The average molecular weight is 897 g/mol. The Balaban J connectivity index is 1.23. The van der Waals surface area contributed by atoms with E-state index in [9.17, 15) is 0 Å². The Morgan fingerprint density at radius 3 is 1.09 bits per heavy atom. The molecule has 1 heterocycles. The van der Waals surface area contributed by atoms with Crippen LogP contribution in [0.3, 0.4) is 0 Å². The Kier molecular flexibility index (Phi) is 9.99. The Morgan fingerprint density at radius 2 is 0.764 bits per heavy atom. The lowest BCUT2D eigenvalue weighted by atomic mass is 9.92. The van der Waals surface area contributed by atoms with Crippen LogP contribution in [0.1, 0.15) is 11.1 Å². The normalized spacial score (nSPS) is 12.5. The Labute approximate surface area is 343 Å². The highest BCUT2D eigenvalue weighted by molar-refractivity contribution is 9.10. The average Bonchev–Trinajstić information content (AvgIpc) is 3.24. The Bertz CT molecular complexity index is 2540. The molecule has 0 amide bonds. The van der Waals surface area contributed by atoms with Crippen molar-refractivity contribution in [1.29, 1.82) is 0 Å². The summed E-state index contributed by atoms with van der Waals surface area (Å²) in [6, 6.07) is 55.9. The summed E-state index contributed by atoms with van der Waals surface area (Å²) in [6.07, 6.45) is 0.538. The van der Waals surface area contributed by atoms with Crippen molar-refractivity contribution in [2.24, 2.45) is 0 Å². The van der Waals surface area contributed by atoms with E-state index in [1.807, 2.05) is 121 Å². The second-order valence-electron chi connectivity index (χ2n) is 13.7. The number of hydrogen-bond donors (Lipinski definition) is 0. The smallest absolute Gasteiger partial charge is 0.616 e. The highest BCUT2D eigenvalue weighted by Crippen LogP contribution is 2.52. The molecule has 0 fully saturated rings. The Morgan fingerprint density at radius 1 is 0.436 bits per heavy atom. The molecule has 1 radical (unpaired) electrons. The van der Waals surface area contributed by atoms with Gasteiger partial charge in [-0.2, -0.15) is 0 Å². The molecule has 0 saturated carbocycles. The van der Waals surface area contributed by atoms with Crippen molar-refractivity contribution in [2.45, 2.75) is 12.3 Å². The van der Waals surface area contributed by atoms with Crippen molar-refractivity contribution in [1.82, 2.24) is 0 Å². The van der Waals surface area contributed by atoms with Gasteiger partial charge in [0.15, 0.2) is 0 Å². The van der Waals surface area contributed by atoms with E-state index in [4.69, 9.17) is 7.58 Å². The topological polar surface area (TPSA) is 52.6 Å². The first-order chi connectivity index (χ1) is 26.8. The largest absolute Gasteiger partial charge is 0.881 e. The molecule has 0 atom stereocenters. The van der Waals surface area contributed by atoms with Gasteiger partial charge in [0.1, 0.15) is 14.3 Å². The first kappa shape index (κ1) is 36.5. The fourth-order valence-corrected chi connectivity index (χ4v) is 14.7. The molecule has 8 aromatic rings. The zero-order valence-electron chi connectivity index (χ0n) is 29.4. The highest BCUT2D eigenvalue weighted by Gasteiger charge is 2.32. The second-order valence-corrected chi connectivity index (χ2v) is 21.9. The molecule has 267 valence electrons. The van der Waals surface area contributed by atoms with E-state index < -0.39 is 30.2 Å². The van der Waals surface area contributed by atoms with Crippen molar-refractivity contribution in [3.63, 3.8) is 0 Å². The number of hydrogen-bond acceptors (Lipinski definition) is 4. The summed E-state index contributed by atoms with van der Waals surface area (Å²) < 4.78 is 46.0. The van der Waals surface area contributed by atoms with Gasteiger partial charge in [-0.1, -0.05) is 153 Å². The summed E-state index contributed by atoms with van der Waals surface area (Å²) >= 11 is 6.58. The van der Waals surface area contributed by atoms with Crippen molar-refractivity contribution < 1.29 is 16.7 Å². The molecule has 0 unspecified atom stereocenters. The number of benzene rings is 8. The molecule has 9 heteroatoms. The Hall–Kier alpha value is -4.17. The van der Waals surface area contributed by atoms with Crippen LogP contribution >= 0.6 is 46.1 Å². The molecule has 9 rings (SSSR count). The molecule has 0 spiro atoms. The summed E-state index contributed by atoms with van der Waals surface area (Å²) in [5.74, 6) is 1.28. The van der Waals surface area contributed by atoms with Gasteiger partial charge >= 0.3 is 15.9 Å². The molecule has 4 bridgehead atoms. The van der Waals surface area contributed by atoms with Crippen LogP contribution in [0.25, 0.3) is 32.7 Å². The summed E-state index contributed by atoms with van der Waals surface area (Å²) in [4.78, 5) is 0. The standard InChI is InChI=1S/C46H34Br2O4P2.Al/c47-35-23-31-21-33(29-53(51,37-13-5-1-6-14-37)38-15-7-2-8-16-38)45(49)27-41(31)43(25-35)44-26-36(48)24-32-22-34(46(50)28-42(32)44)30-54(52,39-17-9-3-10-18-39)40-19-11-4-12-20-40;/h1-28,49-50H,29-30H2;/q;+2/p-2. The van der Waals surface area contributed by atoms with Crippen molar-refractivity contribution in [3.8, 4) is 22.6 Å². The van der Waals surface area contributed by atoms with Crippen LogP contribution < -0.4 is 28.8 Å². The molecule has 4 nitrogen and oxygen atoms in total.